The fourth-order valence-electron chi connectivity index (χ4n) is 4.51. The molecule has 9 N–H and O–H groups in total. The van der Waals surface area contributed by atoms with E-state index in [1.165, 1.54) is 24.3 Å². The molecule has 0 aromatic heterocycles. The van der Waals surface area contributed by atoms with Gasteiger partial charge in [0.1, 0.15) is 11.9 Å². The van der Waals surface area contributed by atoms with Gasteiger partial charge in [-0.2, -0.15) is 4.72 Å². The number of anilines is 1. The molecule has 0 unspecified atom stereocenters. The zero-order valence-corrected chi connectivity index (χ0v) is 22.2. The molecule has 2 aromatic rings. The first-order chi connectivity index (χ1) is 18.1. The summed E-state index contributed by atoms with van der Waals surface area (Å²) in [4.78, 5) is 27.0. The Hall–Kier alpha value is -3.32. The summed E-state index contributed by atoms with van der Waals surface area (Å²) < 4.78 is 29.2. The molecule has 11 nitrogen and oxygen atoms in total. The van der Waals surface area contributed by atoms with E-state index < -0.39 is 16.1 Å². The molecule has 1 fully saturated rings. The molecule has 206 valence electrons. The molecule has 1 saturated heterocycles. The maximum atomic E-state index is 13.6. The Morgan fingerprint density at radius 2 is 1.74 bits per heavy atom. The van der Waals surface area contributed by atoms with Crippen LogP contribution in [0.1, 0.15) is 36.8 Å². The molecule has 12 heteroatoms. The van der Waals surface area contributed by atoms with E-state index in [-0.39, 0.29) is 41.9 Å². The monoisotopic (exact) mass is 543 g/mol. The van der Waals surface area contributed by atoms with Crippen molar-refractivity contribution in [1.82, 2.24) is 9.62 Å². The van der Waals surface area contributed by atoms with E-state index in [4.69, 9.17) is 22.6 Å². The number of carbonyl (C=O) groups excluding carboxylic acids is 2. The second-order valence-corrected chi connectivity index (χ2v) is 11.2. The third kappa shape index (κ3) is 8.09. The van der Waals surface area contributed by atoms with Crippen molar-refractivity contribution < 1.29 is 18.0 Å². The molecule has 0 bridgehead atoms. The van der Waals surface area contributed by atoms with Crippen molar-refractivity contribution in [2.75, 3.05) is 31.5 Å². The van der Waals surface area contributed by atoms with Crippen molar-refractivity contribution in [3.05, 3.63) is 59.7 Å². The van der Waals surface area contributed by atoms with Crippen molar-refractivity contribution in [2.24, 2.45) is 23.1 Å². The van der Waals surface area contributed by atoms with Crippen molar-refractivity contribution in [3.8, 4) is 0 Å². The van der Waals surface area contributed by atoms with Crippen LogP contribution >= 0.6 is 0 Å². The van der Waals surface area contributed by atoms with Crippen LogP contribution in [0.4, 0.5) is 5.69 Å². The number of nitrogens with one attached hydrogen (secondary N) is 3. The van der Waals surface area contributed by atoms with Crippen LogP contribution < -0.4 is 27.2 Å². The second kappa shape index (κ2) is 13.5. The smallest absolute Gasteiger partial charge is 0.241 e. The van der Waals surface area contributed by atoms with E-state index in [2.05, 4.69) is 10.0 Å². The highest BCUT2D eigenvalue weighted by Gasteiger charge is 2.32. The number of amidine groups is 1. The molecular formula is C26H37N7O4S. The van der Waals surface area contributed by atoms with Crippen molar-refractivity contribution in [2.45, 2.75) is 43.0 Å². The Labute approximate surface area is 223 Å². The number of amides is 2. The predicted molar refractivity (Wildman–Crippen MR) is 147 cm³/mol. The fourth-order valence-corrected chi connectivity index (χ4v) is 5.70. The van der Waals surface area contributed by atoms with Gasteiger partial charge in [0.15, 0.2) is 0 Å². The lowest BCUT2D eigenvalue weighted by Gasteiger charge is -2.34. The van der Waals surface area contributed by atoms with Crippen LogP contribution in [-0.2, 0) is 26.0 Å². The lowest BCUT2D eigenvalue weighted by molar-refractivity contribution is -0.134. The highest BCUT2D eigenvalue weighted by molar-refractivity contribution is 7.89. The highest BCUT2D eigenvalue weighted by Crippen LogP contribution is 2.22. The molecule has 0 radical (unpaired) electrons. The van der Waals surface area contributed by atoms with Gasteiger partial charge in [-0.05, 0) is 74.0 Å². The molecule has 1 heterocycles. The molecular weight excluding hydrogens is 506 g/mol. The quantitative estimate of drug-likeness (QED) is 0.167. The Bertz CT molecular complexity index is 1230. The molecule has 0 aliphatic carbocycles. The van der Waals surface area contributed by atoms with Crippen molar-refractivity contribution in [1.29, 1.82) is 5.41 Å². The Morgan fingerprint density at radius 3 is 2.34 bits per heavy atom. The molecule has 1 atom stereocenters. The fraction of sp³-hybridized carbons (Fsp3) is 0.423. The van der Waals surface area contributed by atoms with Gasteiger partial charge in [-0.25, -0.2) is 8.42 Å². The lowest BCUT2D eigenvalue weighted by atomic mass is 9.93. The average Bonchev–Trinajstić information content (AvgIpc) is 2.89. The second-order valence-electron chi connectivity index (χ2n) is 9.45. The molecule has 1 aliphatic rings. The minimum absolute atomic E-state index is 0.0359. The van der Waals surface area contributed by atoms with E-state index in [9.17, 15) is 18.0 Å². The SMILES string of the molecule is N=C(N)c1cccc(C[C@H](NS(=O)(=O)c2ccc(NC(=O)CCN)cc2)C(=O)N2CCC(CCN)CC2)c1. The number of piperidine rings is 1. The molecule has 3 rings (SSSR count). The van der Waals surface area contributed by atoms with Crippen LogP contribution in [0.15, 0.2) is 53.4 Å². The summed E-state index contributed by atoms with van der Waals surface area (Å²) in [7, 11) is -4.08. The van der Waals surface area contributed by atoms with Gasteiger partial charge in [0.05, 0.1) is 4.90 Å². The van der Waals surface area contributed by atoms with Crippen LogP contribution in [0, 0.1) is 11.3 Å². The van der Waals surface area contributed by atoms with Gasteiger partial charge in [0, 0.05) is 37.3 Å². The molecule has 0 saturated carbocycles. The molecule has 1 aliphatic heterocycles. The number of nitrogens with zero attached hydrogens (tertiary/aromatic N) is 1. The first-order valence-electron chi connectivity index (χ1n) is 12.7. The van der Waals surface area contributed by atoms with E-state index in [1.807, 2.05) is 0 Å². The van der Waals surface area contributed by atoms with Gasteiger partial charge in [0.2, 0.25) is 21.8 Å². The van der Waals surface area contributed by atoms with Gasteiger partial charge in [-0.3, -0.25) is 15.0 Å². The van der Waals surface area contributed by atoms with Gasteiger partial charge in [-0.15, -0.1) is 0 Å². The van der Waals surface area contributed by atoms with Crippen LogP contribution in [0.2, 0.25) is 0 Å². The molecule has 38 heavy (non-hydrogen) atoms. The highest BCUT2D eigenvalue weighted by atomic mass is 32.2. The van der Waals surface area contributed by atoms with Crippen LogP contribution in [0.25, 0.3) is 0 Å². The predicted octanol–water partition coefficient (Wildman–Crippen LogP) is 0.735. The number of likely N-dealkylation sites (tertiary alicyclic amines) is 1. The minimum Gasteiger partial charge on any atom is -0.384 e. The first kappa shape index (κ1) is 29.2. The van der Waals surface area contributed by atoms with Crippen molar-refractivity contribution in [3.63, 3.8) is 0 Å². The van der Waals surface area contributed by atoms with E-state index in [0.717, 1.165) is 19.3 Å². The number of nitrogen functional groups attached to an aromatic ring is 1. The number of benzene rings is 2. The van der Waals surface area contributed by atoms with Gasteiger partial charge in [-0.1, -0.05) is 18.2 Å². The first-order valence-corrected chi connectivity index (χ1v) is 14.2. The van der Waals surface area contributed by atoms with Crippen molar-refractivity contribution >= 4 is 33.4 Å². The zero-order chi connectivity index (χ0) is 27.7. The standard InChI is InChI=1S/C26H37N7O4S/c27-12-8-18-10-14-33(15-11-18)26(35)23(17-19-2-1-3-20(16-19)25(29)30)32-38(36,37)22-6-4-21(5-7-22)31-24(34)9-13-28/h1-7,16,18,23,32H,8-15,17,27-28H2,(H3,29,30)(H,31,34)/t23-/m0/s1. The summed E-state index contributed by atoms with van der Waals surface area (Å²) in [6.07, 6.45) is 2.78. The third-order valence-corrected chi connectivity index (χ3v) is 8.08. The largest absolute Gasteiger partial charge is 0.384 e. The normalized spacial score (nSPS) is 15.2. The number of carbonyl (C=O) groups is 2. The zero-order valence-electron chi connectivity index (χ0n) is 21.4. The number of rotatable bonds is 12. The summed E-state index contributed by atoms with van der Waals surface area (Å²) >= 11 is 0. The minimum atomic E-state index is -4.08. The maximum Gasteiger partial charge on any atom is 0.241 e. The van der Waals surface area contributed by atoms with Crippen LogP contribution in [0.5, 0.6) is 0 Å². The summed E-state index contributed by atoms with van der Waals surface area (Å²) in [5.74, 6) is -0.236. The summed E-state index contributed by atoms with van der Waals surface area (Å²) in [5, 5.41) is 10.4. The Kier molecular flexibility index (Phi) is 10.4. The van der Waals surface area contributed by atoms with E-state index in [1.54, 1.807) is 29.2 Å². The van der Waals surface area contributed by atoms with Gasteiger partial charge in [0.25, 0.3) is 0 Å². The Balaban J connectivity index is 1.81. The third-order valence-electron chi connectivity index (χ3n) is 6.59. The maximum absolute atomic E-state index is 13.6. The number of hydrogen-bond acceptors (Lipinski definition) is 7. The summed E-state index contributed by atoms with van der Waals surface area (Å²) in [5.41, 5.74) is 18.3. The van der Waals surface area contributed by atoms with Gasteiger partial charge >= 0.3 is 0 Å². The molecule has 2 amide bonds. The summed E-state index contributed by atoms with van der Waals surface area (Å²) in [6, 6.07) is 11.5. The van der Waals surface area contributed by atoms with Gasteiger partial charge < -0.3 is 27.4 Å². The van der Waals surface area contributed by atoms with Crippen LogP contribution in [-0.4, -0.2) is 63.2 Å². The lowest BCUT2D eigenvalue weighted by Crippen LogP contribution is -2.51. The Morgan fingerprint density at radius 1 is 1.05 bits per heavy atom. The number of hydrogen-bond donors (Lipinski definition) is 6. The molecule has 0 spiro atoms. The topological polar surface area (TPSA) is 197 Å². The van der Waals surface area contributed by atoms with E-state index in [0.29, 0.717) is 42.4 Å². The summed E-state index contributed by atoms with van der Waals surface area (Å²) in [6.45, 7) is 1.87. The average molecular weight is 544 g/mol. The van der Waals surface area contributed by atoms with Crippen LogP contribution in [0.3, 0.4) is 0 Å². The number of nitrogens with two attached hydrogens (primary N) is 3. The molecule has 2 aromatic carbocycles. The van der Waals surface area contributed by atoms with E-state index >= 15 is 0 Å². The number of sulfonamides is 1.